The van der Waals surface area contributed by atoms with E-state index in [0.717, 1.165) is 0 Å². The number of nitrogens with one attached hydrogen (secondary N) is 1. The number of carbonyl (C=O) groups is 2. The lowest BCUT2D eigenvalue weighted by Crippen LogP contribution is -2.43. The zero-order valence-electron chi connectivity index (χ0n) is 14.3. The van der Waals surface area contributed by atoms with Gasteiger partial charge in [-0.2, -0.15) is 0 Å². The maximum Gasteiger partial charge on any atom is 0.231 e. The lowest BCUT2D eigenvalue weighted by Gasteiger charge is -2.30. The van der Waals surface area contributed by atoms with E-state index in [4.69, 9.17) is 10.3 Å². The van der Waals surface area contributed by atoms with Gasteiger partial charge in [0.1, 0.15) is 11.5 Å². The maximum atomic E-state index is 13.8. The lowest BCUT2D eigenvalue weighted by molar-refractivity contribution is -0.126. The van der Waals surface area contributed by atoms with Crippen LogP contribution < -0.4 is 11.1 Å². The first-order valence-electron chi connectivity index (χ1n) is 8.52. The zero-order valence-corrected chi connectivity index (χ0v) is 14.3. The van der Waals surface area contributed by atoms with Gasteiger partial charge in [0.2, 0.25) is 11.8 Å². The standard InChI is InChI=1S/C18H21FN4O3/c19-15-4-2-1-3-14(15)16-9-13(26-22-16)10-21-18(25)12-5-7-23(8-6-12)11-17(20)24/h1-4,9,12H,5-8,10-11H2,(H2,20,24)(H,21,25). The van der Waals surface area contributed by atoms with Gasteiger partial charge in [-0.3, -0.25) is 14.5 Å². The highest BCUT2D eigenvalue weighted by Crippen LogP contribution is 2.22. The van der Waals surface area contributed by atoms with Crippen LogP contribution in [0.5, 0.6) is 0 Å². The van der Waals surface area contributed by atoms with E-state index in [0.29, 0.717) is 42.9 Å². The minimum absolute atomic E-state index is 0.0624. The third-order valence-corrected chi connectivity index (χ3v) is 4.48. The highest BCUT2D eigenvalue weighted by atomic mass is 19.1. The number of nitrogens with zero attached hydrogens (tertiary/aromatic N) is 2. The second-order valence-corrected chi connectivity index (χ2v) is 6.39. The van der Waals surface area contributed by atoms with E-state index in [1.54, 1.807) is 24.3 Å². The van der Waals surface area contributed by atoms with Gasteiger partial charge >= 0.3 is 0 Å². The van der Waals surface area contributed by atoms with Gasteiger partial charge in [-0.25, -0.2) is 4.39 Å². The molecular weight excluding hydrogens is 339 g/mol. The second kappa shape index (κ2) is 8.09. The summed E-state index contributed by atoms with van der Waals surface area (Å²) in [6, 6.07) is 7.92. The zero-order chi connectivity index (χ0) is 18.5. The molecule has 26 heavy (non-hydrogen) atoms. The summed E-state index contributed by atoms with van der Waals surface area (Å²) in [4.78, 5) is 25.2. The normalized spacial score (nSPS) is 15.7. The van der Waals surface area contributed by atoms with Crippen molar-refractivity contribution in [1.82, 2.24) is 15.4 Å². The molecule has 1 aromatic carbocycles. The van der Waals surface area contributed by atoms with Crippen molar-refractivity contribution < 1.29 is 18.5 Å². The molecule has 2 amide bonds. The Kier molecular flexibility index (Phi) is 5.62. The first-order chi connectivity index (χ1) is 12.5. The molecular formula is C18H21FN4O3. The van der Waals surface area contributed by atoms with Crippen molar-refractivity contribution in [2.75, 3.05) is 19.6 Å². The molecule has 1 aliphatic heterocycles. The molecule has 0 saturated carbocycles. The Morgan fingerprint density at radius 2 is 2.04 bits per heavy atom. The summed E-state index contributed by atoms with van der Waals surface area (Å²) in [5, 5.41) is 6.69. The number of benzene rings is 1. The molecule has 3 N–H and O–H groups in total. The SMILES string of the molecule is NC(=O)CN1CCC(C(=O)NCc2cc(-c3ccccc3F)no2)CC1. The number of aromatic nitrogens is 1. The molecule has 3 rings (SSSR count). The van der Waals surface area contributed by atoms with Crippen LogP contribution in [-0.4, -0.2) is 41.5 Å². The number of primary amides is 1. The van der Waals surface area contributed by atoms with Crippen LogP contribution in [-0.2, 0) is 16.1 Å². The number of amides is 2. The summed E-state index contributed by atoms with van der Waals surface area (Å²) >= 11 is 0. The van der Waals surface area contributed by atoms with Crippen LogP contribution in [0.3, 0.4) is 0 Å². The third-order valence-electron chi connectivity index (χ3n) is 4.48. The smallest absolute Gasteiger partial charge is 0.231 e. The van der Waals surface area contributed by atoms with Gasteiger partial charge in [-0.15, -0.1) is 0 Å². The summed E-state index contributed by atoms with van der Waals surface area (Å²) in [7, 11) is 0. The number of nitrogens with two attached hydrogens (primary N) is 1. The minimum atomic E-state index is -0.376. The molecule has 8 heteroatoms. The van der Waals surface area contributed by atoms with Crippen LogP contribution in [0, 0.1) is 11.7 Å². The van der Waals surface area contributed by atoms with E-state index < -0.39 is 0 Å². The van der Waals surface area contributed by atoms with Gasteiger partial charge in [0.15, 0.2) is 5.76 Å². The molecule has 0 aliphatic carbocycles. The fraction of sp³-hybridized carbons (Fsp3) is 0.389. The van der Waals surface area contributed by atoms with E-state index in [-0.39, 0.29) is 36.6 Å². The quantitative estimate of drug-likeness (QED) is 0.808. The summed E-state index contributed by atoms with van der Waals surface area (Å²) in [6.07, 6.45) is 1.35. The van der Waals surface area contributed by atoms with Crippen molar-refractivity contribution in [3.8, 4) is 11.3 Å². The van der Waals surface area contributed by atoms with Crippen molar-refractivity contribution >= 4 is 11.8 Å². The Labute approximate surface area is 150 Å². The molecule has 1 aliphatic rings. The predicted octanol–water partition coefficient (Wildman–Crippen LogP) is 1.29. The Hall–Kier alpha value is -2.74. The first-order valence-corrected chi connectivity index (χ1v) is 8.52. The number of hydrogen-bond donors (Lipinski definition) is 2. The third kappa shape index (κ3) is 4.45. The lowest BCUT2D eigenvalue weighted by atomic mass is 9.96. The van der Waals surface area contributed by atoms with Gasteiger partial charge < -0.3 is 15.6 Å². The van der Waals surface area contributed by atoms with E-state index in [9.17, 15) is 14.0 Å². The monoisotopic (exact) mass is 360 g/mol. The topological polar surface area (TPSA) is 101 Å². The molecule has 7 nitrogen and oxygen atoms in total. The van der Waals surface area contributed by atoms with Crippen LogP contribution in [0.2, 0.25) is 0 Å². The molecule has 0 spiro atoms. The molecule has 2 aromatic rings. The average molecular weight is 360 g/mol. The molecule has 1 fully saturated rings. The van der Waals surface area contributed by atoms with Crippen molar-refractivity contribution in [3.05, 3.63) is 41.9 Å². The summed E-state index contributed by atoms with van der Waals surface area (Å²) in [5.41, 5.74) is 5.94. The molecule has 0 unspecified atom stereocenters. The molecule has 0 radical (unpaired) electrons. The summed E-state index contributed by atoms with van der Waals surface area (Å²) < 4.78 is 18.9. The van der Waals surface area contributed by atoms with Gasteiger partial charge in [-0.1, -0.05) is 17.3 Å². The van der Waals surface area contributed by atoms with Crippen molar-refractivity contribution in [2.45, 2.75) is 19.4 Å². The summed E-state index contributed by atoms with van der Waals surface area (Å²) in [5.74, 6) is -0.439. The Balaban J connectivity index is 1.50. The second-order valence-electron chi connectivity index (χ2n) is 6.39. The molecule has 1 saturated heterocycles. The van der Waals surface area contributed by atoms with Crippen LogP contribution in [0.1, 0.15) is 18.6 Å². The fourth-order valence-corrected chi connectivity index (χ4v) is 3.08. The maximum absolute atomic E-state index is 13.8. The number of likely N-dealkylation sites (tertiary alicyclic amines) is 1. The van der Waals surface area contributed by atoms with Gasteiger partial charge in [0.25, 0.3) is 0 Å². The fourth-order valence-electron chi connectivity index (χ4n) is 3.08. The number of carbonyl (C=O) groups excluding carboxylic acids is 2. The van der Waals surface area contributed by atoms with Crippen LogP contribution in [0.15, 0.2) is 34.9 Å². The van der Waals surface area contributed by atoms with Gasteiger partial charge in [0.05, 0.1) is 13.1 Å². The number of piperidine rings is 1. The molecule has 0 bridgehead atoms. The van der Waals surface area contributed by atoms with Crippen LogP contribution >= 0.6 is 0 Å². The Bertz CT molecular complexity index is 784. The number of halogens is 1. The largest absolute Gasteiger partial charge is 0.369 e. The van der Waals surface area contributed by atoms with Gasteiger partial charge in [0, 0.05) is 17.5 Å². The Morgan fingerprint density at radius 1 is 1.31 bits per heavy atom. The van der Waals surface area contributed by atoms with E-state index >= 15 is 0 Å². The van der Waals surface area contributed by atoms with E-state index in [1.807, 2.05) is 4.90 Å². The first kappa shape index (κ1) is 18.1. The molecule has 2 heterocycles. The number of hydrogen-bond acceptors (Lipinski definition) is 5. The summed E-state index contributed by atoms with van der Waals surface area (Å²) in [6.45, 7) is 1.76. The van der Waals surface area contributed by atoms with E-state index in [1.165, 1.54) is 6.07 Å². The van der Waals surface area contributed by atoms with Crippen LogP contribution in [0.25, 0.3) is 11.3 Å². The van der Waals surface area contributed by atoms with E-state index in [2.05, 4.69) is 10.5 Å². The van der Waals surface area contributed by atoms with Gasteiger partial charge in [-0.05, 0) is 38.1 Å². The number of rotatable bonds is 6. The molecule has 0 atom stereocenters. The van der Waals surface area contributed by atoms with Crippen molar-refractivity contribution in [3.63, 3.8) is 0 Å². The highest BCUT2D eigenvalue weighted by molar-refractivity contribution is 5.79. The average Bonchev–Trinajstić information content (AvgIpc) is 3.09. The molecule has 138 valence electrons. The van der Waals surface area contributed by atoms with Crippen molar-refractivity contribution in [1.29, 1.82) is 0 Å². The van der Waals surface area contributed by atoms with Crippen molar-refractivity contribution in [2.24, 2.45) is 11.7 Å². The minimum Gasteiger partial charge on any atom is -0.369 e. The Morgan fingerprint density at radius 3 is 2.73 bits per heavy atom. The highest BCUT2D eigenvalue weighted by Gasteiger charge is 2.25. The van der Waals surface area contributed by atoms with Crippen LogP contribution in [0.4, 0.5) is 4.39 Å². The predicted molar refractivity (Wildman–Crippen MR) is 92.1 cm³/mol. The molecule has 1 aromatic heterocycles.